The van der Waals surface area contributed by atoms with E-state index in [1.807, 2.05) is 0 Å². The van der Waals surface area contributed by atoms with E-state index in [1.165, 1.54) is 0 Å². The van der Waals surface area contributed by atoms with E-state index in [-0.39, 0.29) is 12.5 Å². The first-order chi connectivity index (χ1) is 4.74. The first kappa shape index (κ1) is 7.55. The Morgan fingerprint density at radius 2 is 2.30 bits per heavy atom. The van der Waals surface area contributed by atoms with Crippen LogP contribution >= 0.6 is 0 Å². The molecule has 0 aromatic rings. The molecule has 0 aromatic heterocycles. The molecule has 10 heavy (non-hydrogen) atoms. The molecule has 1 aliphatic rings. The Hall–Kier alpha value is -0.560. The van der Waals surface area contributed by atoms with Gasteiger partial charge in [0.2, 0.25) is 0 Å². The molecule has 1 unspecified atom stereocenters. The number of hydrogen-bond acceptors (Lipinski definition) is 3. The van der Waals surface area contributed by atoms with Crippen LogP contribution in [-0.4, -0.2) is 35.1 Å². The Balaban J connectivity index is 2.17. The van der Waals surface area contributed by atoms with E-state index < -0.39 is 12.2 Å². The maximum Gasteiger partial charge on any atom is 0.117 e. The third kappa shape index (κ3) is 1.99. The number of aliphatic hydroxyl groups excluding tert-OH is 2. The minimum atomic E-state index is -0.848. The zero-order valence-electron chi connectivity index (χ0n) is 5.53. The standard InChI is InChI=1S/C7H10O3/c1-2-5(8)3-6(9)7-4-10-7/h1,5-9H,3-4H2/t5-,6-,7?/m0/s1. The van der Waals surface area contributed by atoms with E-state index in [0.29, 0.717) is 6.61 Å². The predicted octanol–water partition coefficient (Wildman–Crippen LogP) is -0.870. The lowest BCUT2D eigenvalue weighted by Crippen LogP contribution is -2.21. The highest BCUT2D eigenvalue weighted by Crippen LogP contribution is 2.17. The van der Waals surface area contributed by atoms with Crippen molar-refractivity contribution in [1.29, 1.82) is 0 Å². The zero-order valence-corrected chi connectivity index (χ0v) is 5.53. The molecule has 1 saturated heterocycles. The van der Waals surface area contributed by atoms with Gasteiger partial charge in [-0.15, -0.1) is 6.42 Å². The molecular formula is C7H10O3. The molecule has 3 heteroatoms. The minimum Gasteiger partial charge on any atom is -0.390 e. The second-order valence-electron chi connectivity index (χ2n) is 2.36. The first-order valence-corrected chi connectivity index (χ1v) is 3.18. The fraction of sp³-hybridized carbons (Fsp3) is 0.714. The number of terminal acetylenes is 1. The van der Waals surface area contributed by atoms with Crippen molar-refractivity contribution < 1.29 is 14.9 Å². The number of hydrogen-bond donors (Lipinski definition) is 2. The largest absolute Gasteiger partial charge is 0.390 e. The van der Waals surface area contributed by atoms with Crippen molar-refractivity contribution in [2.75, 3.05) is 6.61 Å². The van der Waals surface area contributed by atoms with Gasteiger partial charge < -0.3 is 14.9 Å². The van der Waals surface area contributed by atoms with Gasteiger partial charge in [-0.05, 0) is 0 Å². The third-order valence-corrected chi connectivity index (χ3v) is 1.45. The molecule has 0 radical (unpaired) electrons. The summed E-state index contributed by atoms with van der Waals surface area (Å²) >= 11 is 0. The predicted molar refractivity (Wildman–Crippen MR) is 35.2 cm³/mol. The van der Waals surface area contributed by atoms with Gasteiger partial charge in [0.05, 0.1) is 12.7 Å². The Morgan fingerprint density at radius 3 is 2.70 bits per heavy atom. The monoisotopic (exact) mass is 142 g/mol. The average Bonchev–Trinajstić information content (AvgIpc) is 2.68. The van der Waals surface area contributed by atoms with Crippen LogP contribution in [0.1, 0.15) is 6.42 Å². The lowest BCUT2D eigenvalue weighted by atomic mass is 10.1. The van der Waals surface area contributed by atoms with Crippen LogP contribution in [0, 0.1) is 12.3 Å². The molecule has 0 bridgehead atoms. The summed E-state index contributed by atoms with van der Waals surface area (Å²) in [6.45, 7) is 0.582. The summed E-state index contributed by atoms with van der Waals surface area (Å²) in [5.74, 6) is 2.12. The minimum absolute atomic E-state index is 0.0944. The van der Waals surface area contributed by atoms with Crippen molar-refractivity contribution in [3.8, 4) is 12.3 Å². The molecule has 0 saturated carbocycles. The van der Waals surface area contributed by atoms with Gasteiger partial charge in [-0.25, -0.2) is 0 Å². The molecule has 1 heterocycles. The summed E-state index contributed by atoms with van der Waals surface area (Å²) in [5.41, 5.74) is 0. The topological polar surface area (TPSA) is 53.0 Å². The van der Waals surface area contributed by atoms with E-state index >= 15 is 0 Å². The van der Waals surface area contributed by atoms with Gasteiger partial charge in [0.25, 0.3) is 0 Å². The van der Waals surface area contributed by atoms with Crippen LogP contribution < -0.4 is 0 Å². The van der Waals surface area contributed by atoms with E-state index in [1.54, 1.807) is 0 Å². The SMILES string of the molecule is C#C[C@H](O)C[C@H](O)C1CO1. The van der Waals surface area contributed by atoms with Gasteiger partial charge in [0, 0.05) is 6.42 Å². The second-order valence-corrected chi connectivity index (χ2v) is 2.36. The summed E-state index contributed by atoms with van der Waals surface area (Å²) in [6.07, 6.45) is 3.55. The van der Waals surface area contributed by atoms with Crippen LogP contribution in [0.4, 0.5) is 0 Å². The quantitative estimate of drug-likeness (QED) is 0.398. The second kappa shape index (κ2) is 3.02. The maximum atomic E-state index is 9.11. The van der Waals surface area contributed by atoms with E-state index in [0.717, 1.165) is 0 Å². The van der Waals surface area contributed by atoms with Gasteiger partial charge >= 0.3 is 0 Å². The van der Waals surface area contributed by atoms with E-state index in [2.05, 4.69) is 5.92 Å². The van der Waals surface area contributed by atoms with Gasteiger partial charge in [0.15, 0.2) is 0 Å². The average molecular weight is 142 g/mol. The highest BCUT2D eigenvalue weighted by molar-refractivity contribution is 4.96. The summed E-state index contributed by atoms with van der Waals surface area (Å²) in [5, 5.41) is 18.0. The molecule has 0 aromatic carbocycles. The Bertz CT molecular complexity index is 145. The van der Waals surface area contributed by atoms with Crippen LogP contribution in [0.3, 0.4) is 0 Å². The summed E-state index contributed by atoms with van der Waals surface area (Å²) in [4.78, 5) is 0. The molecule has 0 aliphatic carbocycles. The molecule has 1 fully saturated rings. The van der Waals surface area contributed by atoms with Gasteiger partial charge in [-0.3, -0.25) is 0 Å². The van der Waals surface area contributed by atoms with E-state index in [4.69, 9.17) is 21.4 Å². The van der Waals surface area contributed by atoms with Crippen LogP contribution in [0.5, 0.6) is 0 Å². The van der Waals surface area contributed by atoms with Gasteiger partial charge in [-0.2, -0.15) is 0 Å². The summed E-state index contributed by atoms with van der Waals surface area (Å²) < 4.78 is 4.79. The van der Waals surface area contributed by atoms with Gasteiger partial charge in [0.1, 0.15) is 12.2 Å². The van der Waals surface area contributed by atoms with Crippen molar-refractivity contribution >= 4 is 0 Å². The molecule has 0 amide bonds. The first-order valence-electron chi connectivity index (χ1n) is 3.18. The van der Waals surface area contributed by atoms with Crippen LogP contribution in [0.2, 0.25) is 0 Å². The summed E-state index contributed by atoms with van der Waals surface area (Å²) in [6, 6.07) is 0. The van der Waals surface area contributed by atoms with Crippen LogP contribution in [0.25, 0.3) is 0 Å². The Morgan fingerprint density at radius 1 is 1.70 bits per heavy atom. The van der Waals surface area contributed by atoms with Crippen LogP contribution in [-0.2, 0) is 4.74 Å². The molecule has 3 atom stereocenters. The molecule has 1 rings (SSSR count). The van der Waals surface area contributed by atoms with Gasteiger partial charge in [-0.1, -0.05) is 5.92 Å². The fourth-order valence-electron chi connectivity index (χ4n) is 0.726. The highest BCUT2D eigenvalue weighted by atomic mass is 16.6. The van der Waals surface area contributed by atoms with Crippen molar-refractivity contribution in [2.45, 2.75) is 24.7 Å². The molecule has 0 spiro atoms. The highest BCUT2D eigenvalue weighted by Gasteiger charge is 2.32. The Kier molecular flexibility index (Phi) is 2.28. The molecule has 1 aliphatic heterocycles. The molecule has 2 N–H and O–H groups in total. The van der Waals surface area contributed by atoms with Crippen molar-refractivity contribution in [3.63, 3.8) is 0 Å². The van der Waals surface area contributed by atoms with Crippen molar-refractivity contribution in [2.24, 2.45) is 0 Å². The Labute approximate surface area is 59.6 Å². The lowest BCUT2D eigenvalue weighted by Gasteiger charge is -2.07. The number of rotatable bonds is 3. The molecule has 56 valence electrons. The zero-order chi connectivity index (χ0) is 7.56. The smallest absolute Gasteiger partial charge is 0.117 e. The van der Waals surface area contributed by atoms with Crippen molar-refractivity contribution in [3.05, 3.63) is 0 Å². The third-order valence-electron chi connectivity index (χ3n) is 1.45. The van der Waals surface area contributed by atoms with E-state index in [9.17, 15) is 0 Å². The summed E-state index contributed by atoms with van der Waals surface area (Å²) in [7, 11) is 0. The molecule has 3 nitrogen and oxygen atoms in total. The number of aliphatic hydroxyl groups is 2. The number of epoxide rings is 1. The van der Waals surface area contributed by atoms with Crippen molar-refractivity contribution in [1.82, 2.24) is 0 Å². The number of ether oxygens (including phenoxy) is 1. The van der Waals surface area contributed by atoms with Crippen LogP contribution in [0.15, 0.2) is 0 Å². The molecular weight excluding hydrogens is 132 g/mol. The fourth-order valence-corrected chi connectivity index (χ4v) is 0.726. The normalized spacial score (nSPS) is 28.7. The maximum absolute atomic E-state index is 9.11. The lowest BCUT2D eigenvalue weighted by molar-refractivity contribution is 0.0843.